The lowest BCUT2D eigenvalue weighted by molar-refractivity contribution is 0.0718. The van der Waals surface area contributed by atoms with E-state index >= 15 is 0 Å². The van der Waals surface area contributed by atoms with Crippen LogP contribution >= 0.6 is 0 Å². The van der Waals surface area contributed by atoms with Crippen molar-refractivity contribution in [3.63, 3.8) is 0 Å². The van der Waals surface area contributed by atoms with E-state index in [9.17, 15) is 4.79 Å². The van der Waals surface area contributed by atoms with E-state index in [-0.39, 0.29) is 11.8 Å². The van der Waals surface area contributed by atoms with Crippen molar-refractivity contribution < 1.29 is 4.79 Å². The summed E-state index contributed by atoms with van der Waals surface area (Å²) in [6, 6.07) is 17.9. The molecule has 2 aromatic heterocycles. The van der Waals surface area contributed by atoms with E-state index in [0.29, 0.717) is 18.8 Å². The first-order chi connectivity index (χ1) is 14.2. The Bertz CT molecular complexity index is 1160. The van der Waals surface area contributed by atoms with Crippen molar-refractivity contribution in [1.82, 2.24) is 29.7 Å². The molecule has 0 saturated carbocycles. The molecule has 0 saturated heterocycles. The highest BCUT2D eigenvalue weighted by Crippen LogP contribution is 2.33. The number of rotatable bonds is 3. The summed E-state index contributed by atoms with van der Waals surface area (Å²) < 4.78 is 1.80. The molecule has 0 fully saturated rings. The number of hydrogen-bond donors (Lipinski definition) is 0. The van der Waals surface area contributed by atoms with Crippen LogP contribution in [0, 0.1) is 0 Å². The van der Waals surface area contributed by atoms with E-state index < -0.39 is 0 Å². The van der Waals surface area contributed by atoms with Crippen LogP contribution in [-0.4, -0.2) is 42.1 Å². The van der Waals surface area contributed by atoms with Crippen LogP contribution in [0.15, 0.2) is 73.2 Å². The lowest BCUT2D eigenvalue weighted by Gasteiger charge is -2.34. The van der Waals surface area contributed by atoms with Gasteiger partial charge in [0, 0.05) is 32.3 Å². The molecule has 1 aliphatic rings. The molecule has 29 heavy (non-hydrogen) atoms. The minimum absolute atomic E-state index is 0.0850. The van der Waals surface area contributed by atoms with E-state index in [1.807, 2.05) is 66.8 Å². The molecule has 1 atom stereocenters. The maximum atomic E-state index is 13.2. The SMILES string of the molecule is Cn1cc(C2CN(C(=O)c3cnn(-c4ccccc4)n3)Cc3ccccc32)cn1. The maximum absolute atomic E-state index is 13.2. The Morgan fingerprint density at radius 3 is 2.59 bits per heavy atom. The second-order valence-electron chi connectivity index (χ2n) is 7.24. The van der Waals surface area contributed by atoms with E-state index in [1.54, 1.807) is 4.68 Å². The molecule has 0 aliphatic carbocycles. The fourth-order valence-corrected chi connectivity index (χ4v) is 3.88. The average molecular weight is 384 g/mol. The molecule has 1 aliphatic heterocycles. The van der Waals surface area contributed by atoms with Crippen molar-refractivity contribution in [3.05, 3.63) is 95.6 Å². The smallest absolute Gasteiger partial charge is 0.276 e. The number of para-hydroxylation sites is 1. The van der Waals surface area contributed by atoms with Gasteiger partial charge in [-0.05, 0) is 28.8 Å². The minimum Gasteiger partial charge on any atom is -0.332 e. The zero-order valence-corrected chi connectivity index (χ0v) is 16.0. The van der Waals surface area contributed by atoms with Crippen LogP contribution in [0.25, 0.3) is 5.69 Å². The van der Waals surface area contributed by atoms with Gasteiger partial charge in [-0.2, -0.15) is 15.0 Å². The normalized spacial score (nSPS) is 15.9. The van der Waals surface area contributed by atoms with Gasteiger partial charge >= 0.3 is 0 Å². The number of aromatic nitrogens is 5. The van der Waals surface area contributed by atoms with Crippen LogP contribution in [0.3, 0.4) is 0 Å². The molecule has 144 valence electrons. The summed E-state index contributed by atoms with van der Waals surface area (Å²) in [6.07, 6.45) is 5.43. The zero-order chi connectivity index (χ0) is 19.8. The Hall–Kier alpha value is -3.74. The second kappa shape index (κ2) is 7.01. The molecule has 5 rings (SSSR count). The van der Waals surface area contributed by atoms with Gasteiger partial charge in [-0.15, -0.1) is 5.10 Å². The first kappa shape index (κ1) is 17.4. The summed E-state index contributed by atoms with van der Waals surface area (Å²) in [5.74, 6) is -0.0302. The minimum atomic E-state index is -0.115. The zero-order valence-electron chi connectivity index (χ0n) is 16.0. The molecule has 0 N–H and O–H groups in total. The van der Waals surface area contributed by atoms with Crippen molar-refractivity contribution in [3.8, 4) is 5.69 Å². The summed E-state index contributed by atoms with van der Waals surface area (Å²) in [5, 5.41) is 13.0. The van der Waals surface area contributed by atoms with Gasteiger partial charge in [-0.25, -0.2) is 0 Å². The Kier molecular flexibility index (Phi) is 4.20. The maximum Gasteiger partial charge on any atom is 0.276 e. The van der Waals surface area contributed by atoms with Crippen molar-refractivity contribution in [1.29, 1.82) is 0 Å². The number of aryl methyl sites for hydroxylation is 1. The standard InChI is InChI=1S/C22H20N6O/c1-26-13-17(11-23-26)20-15-27(14-16-7-5-6-10-19(16)20)22(29)21-12-24-28(25-21)18-8-3-2-4-9-18/h2-13,20H,14-15H2,1H3. The van der Waals surface area contributed by atoms with Crippen molar-refractivity contribution in [2.45, 2.75) is 12.5 Å². The predicted molar refractivity (Wildman–Crippen MR) is 108 cm³/mol. The number of carbonyl (C=O) groups is 1. The second-order valence-corrected chi connectivity index (χ2v) is 7.24. The summed E-state index contributed by atoms with van der Waals surface area (Å²) in [6.45, 7) is 1.14. The van der Waals surface area contributed by atoms with Crippen molar-refractivity contribution in [2.24, 2.45) is 7.05 Å². The highest BCUT2D eigenvalue weighted by atomic mass is 16.2. The van der Waals surface area contributed by atoms with Gasteiger partial charge in [0.15, 0.2) is 5.69 Å². The van der Waals surface area contributed by atoms with Crippen LogP contribution in [0.5, 0.6) is 0 Å². The molecule has 7 heteroatoms. The van der Waals surface area contributed by atoms with Gasteiger partial charge in [-0.3, -0.25) is 9.48 Å². The fourth-order valence-electron chi connectivity index (χ4n) is 3.88. The molecular weight excluding hydrogens is 364 g/mol. The van der Waals surface area contributed by atoms with Crippen LogP contribution in [-0.2, 0) is 13.6 Å². The third kappa shape index (κ3) is 3.20. The summed E-state index contributed by atoms with van der Waals surface area (Å²) in [7, 11) is 1.91. The van der Waals surface area contributed by atoms with E-state index in [4.69, 9.17) is 0 Å². The molecule has 0 bridgehead atoms. The molecule has 2 aromatic carbocycles. The predicted octanol–water partition coefficient (Wildman–Crippen LogP) is 2.79. The first-order valence-corrected chi connectivity index (χ1v) is 9.52. The molecule has 1 amide bonds. The Morgan fingerprint density at radius 2 is 1.79 bits per heavy atom. The van der Waals surface area contributed by atoms with Crippen molar-refractivity contribution in [2.75, 3.05) is 6.54 Å². The molecule has 3 heterocycles. The quantitative estimate of drug-likeness (QED) is 0.545. The van der Waals surface area contributed by atoms with E-state index in [2.05, 4.69) is 27.4 Å². The van der Waals surface area contributed by atoms with Gasteiger partial charge in [0.05, 0.1) is 18.1 Å². The van der Waals surface area contributed by atoms with Gasteiger partial charge in [0.1, 0.15) is 0 Å². The molecule has 7 nitrogen and oxygen atoms in total. The lowest BCUT2D eigenvalue weighted by Crippen LogP contribution is -2.38. The number of benzene rings is 2. The third-order valence-corrected chi connectivity index (χ3v) is 5.31. The molecule has 4 aromatic rings. The number of nitrogens with zero attached hydrogens (tertiary/aromatic N) is 6. The Morgan fingerprint density at radius 1 is 1.00 bits per heavy atom. The van der Waals surface area contributed by atoms with E-state index in [0.717, 1.165) is 16.8 Å². The number of fused-ring (bicyclic) bond motifs is 1. The Balaban J connectivity index is 1.46. The average Bonchev–Trinajstić information content (AvgIpc) is 3.42. The fraction of sp³-hybridized carbons (Fsp3) is 0.182. The van der Waals surface area contributed by atoms with Crippen LogP contribution < -0.4 is 0 Å². The van der Waals surface area contributed by atoms with Gasteiger partial charge in [-0.1, -0.05) is 42.5 Å². The largest absolute Gasteiger partial charge is 0.332 e. The Labute approximate surface area is 168 Å². The first-order valence-electron chi connectivity index (χ1n) is 9.52. The van der Waals surface area contributed by atoms with Gasteiger partial charge in [0.2, 0.25) is 0 Å². The van der Waals surface area contributed by atoms with Gasteiger partial charge < -0.3 is 4.90 Å². The monoisotopic (exact) mass is 384 g/mol. The van der Waals surface area contributed by atoms with Crippen LogP contribution in [0.2, 0.25) is 0 Å². The highest BCUT2D eigenvalue weighted by Gasteiger charge is 2.31. The van der Waals surface area contributed by atoms with Crippen LogP contribution in [0.1, 0.15) is 33.1 Å². The molecule has 1 unspecified atom stereocenters. The molecular formula is C22H20N6O. The van der Waals surface area contributed by atoms with E-state index in [1.165, 1.54) is 16.6 Å². The molecule has 0 spiro atoms. The summed E-state index contributed by atoms with van der Waals surface area (Å²) in [4.78, 5) is 16.6. The topological polar surface area (TPSA) is 68.8 Å². The number of amides is 1. The number of hydrogen-bond acceptors (Lipinski definition) is 4. The lowest BCUT2D eigenvalue weighted by atomic mass is 9.86. The summed E-state index contributed by atoms with van der Waals surface area (Å²) >= 11 is 0. The summed E-state index contributed by atoms with van der Waals surface area (Å²) in [5.41, 5.74) is 4.67. The van der Waals surface area contributed by atoms with Gasteiger partial charge in [0.25, 0.3) is 5.91 Å². The highest BCUT2D eigenvalue weighted by molar-refractivity contribution is 5.92. The molecule has 0 radical (unpaired) electrons. The third-order valence-electron chi connectivity index (χ3n) is 5.31. The van der Waals surface area contributed by atoms with Crippen LogP contribution in [0.4, 0.5) is 0 Å². The van der Waals surface area contributed by atoms with Crippen molar-refractivity contribution >= 4 is 5.91 Å². The number of carbonyl (C=O) groups excluding carboxylic acids is 1.